The van der Waals surface area contributed by atoms with E-state index in [9.17, 15) is 9.90 Å². The van der Waals surface area contributed by atoms with Crippen molar-refractivity contribution in [3.05, 3.63) is 46.4 Å². The van der Waals surface area contributed by atoms with Crippen LogP contribution in [0, 0.1) is 0 Å². The molecular formula is C14H16N2O3S. The maximum atomic E-state index is 12.0. The molecule has 1 unspecified atom stereocenters. The van der Waals surface area contributed by atoms with Crippen LogP contribution in [0.4, 0.5) is 0 Å². The summed E-state index contributed by atoms with van der Waals surface area (Å²) in [6.45, 7) is 1.78. The summed E-state index contributed by atoms with van der Waals surface area (Å²) in [6.07, 6.45) is 1.51. The van der Waals surface area contributed by atoms with Crippen molar-refractivity contribution in [3.8, 4) is 5.75 Å². The molecule has 0 aliphatic heterocycles. The summed E-state index contributed by atoms with van der Waals surface area (Å²) in [4.78, 5) is 16.8. The number of rotatable bonds is 5. The molecule has 0 saturated carbocycles. The number of pyridine rings is 1. The van der Waals surface area contributed by atoms with Crippen LogP contribution in [0.5, 0.6) is 5.75 Å². The first-order valence-electron chi connectivity index (χ1n) is 6.07. The molecule has 20 heavy (non-hydrogen) atoms. The van der Waals surface area contributed by atoms with Gasteiger partial charge < -0.3 is 15.2 Å². The molecule has 1 atom stereocenters. The fraction of sp³-hybridized carbons (Fsp3) is 0.286. The number of amides is 1. The third-order valence-electron chi connectivity index (χ3n) is 2.84. The zero-order valence-corrected chi connectivity index (χ0v) is 12.1. The Morgan fingerprint density at radius 1 is 1.55 bits per heavy atom. The first-order chi connectivity index (χ1) is 9.53. The number of hydrogen-bond acceptors (Lipinski definition) is 5. The Kier molecular flexibility index (Phi) is 4.36. The van der Waals surface area contributed by atoms with Gasteiger partial charge in [-0.05, 0) is 24.4 Å². The Balaban J connectivity index is 2.01. The Labute approximate surface area is 121 Å². The summed E-state index contributed by atoms with van der Waals surface area (Å²) in [5.74, 6) is 0.218. The van der Waals surface area contributed by atoms with E-state index in [2.05, 4.69) is 10.3 Å². The minimum atomic E-state index is -1.09. The molecule has 0 fully saturated rings. The number of aliphatic hydroxyl groups is 1. The normalized spacial score (nSPS) is 13.6. The van der Waals surface area contributed by atoms with E-state index < -0.39 is 5.60 Å². The van der Waals surface area contributed by atoms with Gasteiger partial charge in [-0.15, -0.1) is 11.3 Å². The summed E-state index contributed by atoms with van der Waals surface area (Å²) in [5.41, 5.74) is -0.839. The van der Waals surface area contributed by atoms with Crippen LogP contribution in [0.1, 0.15) is 22.3 Å². The molecule has 106 valence electrons. The van der Waals surface area contributed by atoms with Gasteiger partial charge in [0.1, 0.15) is 17.0 Å². The summed E-state index contributed by atoms with van der Waals surface area (Å²) in [7, 11) is 1.53. The number of carbonyl (C=O) groups excluding carboxylic acids is 1. The highest BCUT2D eigenvalue weighted by Gasteiger charge is 2.25. The average Bonchev–Trinajstić information content (AvgIpc) is 3.00. The smallest absolute Gasteiger partial charge is 0.270 e. The maximum absolute atomic E-state index is 12.0. The Morgan fingerprint density at radius 3 is 3.00 bits per heavy atom. The second-order valence-corrected chi connectivity index (χ2v) is 5.46. The molecule has 0 aliphatic rings. The van der Waals surface area contributed by atoms with Crippen LogP contribution >= 0.6 is 11.3 Å². The van der Waals surface area contributed by atoms with Crippen LogP contribution in [-0.2, 0) is 5.60 Å². The van der Waals surface area contributed by atoms with Gasteiger partial charge in [0.25, 0.3) is 5.91 Å². The summed E-state index contributed by atoms with van der Waals surface area (Å²) in [5, 5.41) is 14.9. The lowest BCUT2D eigenvalue weighted by molar-refractivity contribution is 0.0555. The van der Waals surface area contributed by atoms with E-state index in [-0.39, 0.29) is 18.1 Å². The highest BCUT2D eigenvalue weighted by Crippen LogP contribution is 2.24. The largest absolute Gasteiger partial charge is 0.497 e. The van der Waals surface area contributed by atoms with Crippen molar-refractivity contribution in [3.63, 3.8) is 0 Å². The topological polar surface area (TPSA) is 71.5 Å². The van der Waals surface area contributed by atoms with Crippen molar-refractivity contribution < 1.29 is 14.6 Å². The summed E-state index contributed by atoms with van der Waals surface area (Å²) < 4.78 is 5.04. The quantitative estimate of drug-likeness (QED) is 0.881. The van der Waals surface area contributed by atoms with Crippen molar-refractivity contribution in [2.45, 2.75) is 12.5 Å². The molecule has 0 spiro atoms. The molecule has 2 rings (SSSR count). The first kappa shape index (κ1) is 14.5. The van der Waals surface area contributed by atoms with Gasteiger partial charge in [-0.25, -0.2) is 0 Å². The minimum Gasteiger partial charge on any atom is -0.497 e. The van der Waals surface area contributed by atoms with Gasteiger partial charge in [-0.1, -0.05) is 6.07 Å². The van der Waals surface area contributed by atoms with Crippen molar-refractivity contribution in [2.75, 3.05) is 13.7 Å². The maximum Gasteiger partial charge on any atom is 0.270 e. The van der Waals surface area contributed by atoms with E-state index in [0.717, 1.165) is 4.88 Å². The predicted molar refractivity (Wildman–Crippen MR) is 77.0 cm³/mol. The number of thiophene rings is 1. The molecule has 2 aromatic rings. The zero-order chi connectivity index (χ0) is 14.6. The third-order valence-corrected chi connectivity index (χ3v) is 3.97. The van der Waals surface area contributed by atoms with Crippen LogP contribution < -0.4 is 10.1 Å². The molecule has 2 heterocycles. The molecular weight excluding hydrogens is 276 g/mol. The molecule has 5 nitrogen and oxygen atoms in total. The minimum absolute atomic E-state index is 0.116. The van der Waals surface area contributed by atoms with Crippen molar-refractivity contribution >= 4 is 17.2 Å². The number of aromatic nitrogens is 1. The zero-order valence-electron chi connectivity index (χ0n) is 11.3. The first-order valence-corrected chi connectivity index (χ1v) is 6.95. The number of nitrogens with zero attached hydrogens (tertiary/aromatic N) is 1. The summed E-state index contributed by atoms with van der Waals surface area (Å²) >= 11 is 1.45. The molecule has 1 amide bonds. The molecule has 0 aromatic carbocycles. The molecule has 2 aromatic heterocycles. The van der Waals surface area contributed by atoms with Crippen LogP contribution in [-0.4, -0.2) is 29.7 Å². The van der Waals surface area contributed by atoms with Gasteiger partial charge in [-0.2, -0.15) is 0 Å². The fourth-order valence-corrected chi connectivity index (χ4v) is 2.46. The molecule has 2 N–H and O–H groups in total. The van der Waals surface area contributed by atoms with Gasteiger partial charge >= 0.3 is 0 Å². The second kappa shape index (κ2) is 6.02. The lowest BCUT2D eigenvalue weighted by atomic mass is 10.1. The molecule has 0 bridgehead atoms. The Bertz CT molecular complexity index is 582. The highest BCUT2D eigenvalue weighted by atomic mass is 32.1. The van der Waals surface area contributed by atoms with Crippen molar-refractivity contribution in [2.24, 2.45) is 0 Å². The lowest BCUT2D eigenvalue weighted by Crippen LogP contribution is -2.38. The molecule has 6 heteroatoms. The van der Waals surface area contributed by atoms with Crippen LogP contribution in [0.3, 0.4) is 0 Å². The van der Waals surface area contributed by atoms with Gasteiger partial charge in [0.05, 0.1) is 13.7 Å². The van der Waals surface area contributed by atoms with Crippen molar-refractivity contribution in [1.29, 1.82) is 0 Å². The van der Waals surface area contributed by atoms with Crippen LogP contribution in [0.15, 0.2) is 35.8 Å². The number of methoxy groups -OCH3 is 1. The monoisotopic (exact) mass is 292 g/mol. The van der Waals surface area contributed by atoms with E-state index in [4.69, 9.17) is 4.74 Å². The highest BCUT2D eigenvalue weighted by molar-refractivity contribution is 7.10. The van der Waals surface area contributed by atoms with Gasteiger partial charge in [-0.3, -0.25) is 9.78 Å². The van der Waals surface area contributed by atoms with E-state index in [1.54, 1.807) is 19.1 Å². The predicted octanol–water partition coefficient (Wildman–Crippen LogP) is 1.79. The molecule has 0 radical (unpaired) electrons. The molecule has 0 saturated heterocycles. The number of ether oxygens (including phenoxy) is 1. The average molecular weight is 292 g/mol. The van der Waals surface area contributed by atoms with Gasteiger partial charge in [0, 0.05) is 17.1 Å². The van der Waals surface area contributed by atoms with Gasteiger partial charge in [0.2, 0.25) is 0 Å². The number of hydrogen-bond donors (Lipinski definition) is 2. The SMILES string of the molecule is COc1ccnc(C(=O)NCC(C)(O)c2cccs2)c1. The Hall–Kier alpha value is -1.92. The number of nitrogens with one attached hydrogen (secondary N) is 1. The van der Waals surface area contributed by atoms with Crippen LogP contribution in [0.25, 0.3) is 0 Å². The van der Waals surface area contributed by atoms with E-state index >= 15 is 0 Å². The second-order valence-electron chi connectivity index (χ2n) is 4.51. The van der Waals surface area contributed by atoms with E-state index in [0.29, 0.717) is 5.75 Å². The number of carbonyl (C=O) groups is 1. The van der Waals surface area contributed by atoms with Crippen molar-refractivity contribution in [1.82, 2.24) is 10.3 Å². The standard InChI is InChI=1S/C14H16N2O3S/c1-14(18,12-4-3-7-20-12)9-16-13(17)11-8-10(19-2)5-6-15-11/h3-8,18H,9H2,1-2H3,(H,16,17). The third kappa shape index (κ3) is 3.34. The van der Waals surface area contributed by atoms with E-state index in [1.165, 1.54) is 24.6 Å². The fourth-order valence-electron chi connectivity index (χ4n) is 1.68. The lowest BCUT2D eigenvalue weighted by Gasteiger charge is -2.22. The summed E-state index contributed by atoms with van der Waals surface area (Å²) in [6, 6.07) is 6.91. The Morgan fingerprint density at radius 2 is 2.35 bits per heavy atom. The molecule has 0 aliphatic carbocycles. The van der Waals surface area contributed by atoms with E-state index in [1.807, 2.05) is 17.5 Å². The van der Waals surface area contributed by atoms with Crippen LogP contribution in [0.2, 0.25) is 0 Å². The van der Waals surface area contributed by atoms with Gasteiger partial charge in [0.15, 0.2) is 0 Å².